The Bertz CT molecular complexity index is 772. The zero-order valence-electron chi connectivity index (χ0n) is 12.7. The van der Waals surface area contributed by atoms with Gasteiger partial charge in [0, 0.05) is 22.3 Å². The second-order valence-corrected chi connectivity index (χ2v) is 5.86. The molecule has 0 aliphatic heterocycles. The van der Waals surface area contributed by atoms with Gasteiger partial charge in [0.15, 0.2) is 11.6 Å². The Kier molecular flexibility index (Phi) is 3.67. The first-order valence-corrected chi connectivity index (χ1v) is 7.49. The predicted octanol–water partition coefficient (Wildman–Crippen LogP) is 3.08. The van der Waals surface area contributed by atoms with Crippen LogP contribution in [0.3, 0.4) is 0 Å². The minimum atomic E-state index is -0.381. The molecule has 1 aliphatic rings. The molecule has 0 spiro atoms. The number of aliphatic hydroxyl groups excluding tert-OH is 1. The van der Waals surface area contributed by atoms with Crippen molar-refractivity contribution in [1.82, 2.24) is 0 Å². The monoisotopic (exact) mass is 294 g/mol. The van der Waals surface area contributed by atoms with E-state index in [9.17, 15) is 14.7 Å². The molecule has 0 amide bonds. The molecule has 0 fully saturated rings. The van der Waals surface area contributed by atoms with Gasteiger partial charge in [0.1, 0.15) is 0 Å². The van der Waals surface area contributed by atoms with Crippen molar-refractivity contribution in [1.29, 1.82) is 0 Å². The van der Waals surface area contributed by atoms with E-state index in [0.29, 0.717) is 35.1 Å². The first-order chi connectivity index (χ1) is 10.5. The zero-order valence-corrected chi connectivity index (χ0v) is 12.7. The molecule has 2 aromatic carbocycles. The third kappa shape index (κ3) is 2.28. The molecule has 0 radical (unpaired) electrons. The molecule has 0 unspecified atom stereocenters. The van der Waals surface area contributed by atoms with Crippen LogP contribution in [0.25, 0.3) is 0 Å². The van der Waals surface area contributed by atoms with Crippen LogP contribution in [-0.2, 0) is 6.42 Å². The van der Waals surface area contributed by atoms with Crippen molar-refractivity contribution in [2.45, 2.75) is 32.8 Å². The third-order valence-corrected chi connectivity index (χ3v) is 4.30. The predicted molar refractivity (Wildman–Crippen MR) is 84.5 cm³/mol. The van der Waals surface area contributed by atoms with Gasteiger partial charge in [-0.1, -0.05) is 30.3 Å². The number of hydrogen-bond donors (Lipinski definition) is 1. The van der Waals surface area contributed by atoms with Crippen molar-refractivity contribution in [2.24, 2.45) is 0 Å². The Hall–Kier alpha value is -2.26. The average Bonchev–Trinajstić information content (AvgIpc) is 2.51. The molecule has 3 heteroatoms. The van der Waals surface area contributed by atoms with E-state index in [0.717, 1.165) is 11.1 Å². The topological polar surface area (TPSA) is 54.4 Å². The molecule has 0 heterocycles. The second-order valence-electron chi connectivity index (χ2n) is 5.86. The molecular formula is C19H18O3. The van der Waals surface area contributed by atoms with Gasteiger partial charge in [0.05, 0.1) is 6.10 Å². The van der Waals surface area contributed by atoms with Crippen molar-refractivity contribution in [3.05, 3.63) is 69.8 Å². The standard InChI is InChI=1S/C19H18O3/c1-11(20)7-8-13-9-10-16-17(12(13)2)19(22)15-6-4-3-5-14(15)18(16)21/h3-6,9-11,20H,7-8H2,1-2H3/t11-/m1/s1. The minimum Gasteiger partial charge on any atom is -0.393 e. The number of hydrogen-bond acceptors (Lipinski definition) is 3. The van der Waals surface area contributed by atoms with Gasteiger partial charge in [0.2, 0.25) is 0 Å². The molecule has 3 rings (SSSR count). The highest BCUT2D eigenvalue weighted by Crippen LogP contribution is 2.31. The maximum Gasteiger partial charge on any atom is 0.194 e. The first kappa shape index (κ1) is 14.7. The van der Waals surface area contributed by atoms with Crippen molar-refractivity contribution in [3.8, 4) is 0 Å². The van der Waals surface area contributed by atoms with E-state index in [1.165, 1.54) is 0 Å². The van der Waals surface area contributed by atoms with E-state index in [2.05, 4.69) is 0 Å². The molecule has 1 aliphatic carbocycles. The molecule has 0 saturated carbocycles. The smallest absolute Gasteiger partial charge is 0.194 e. The molecule has 0 bridgehead atoms. The van der Waals surface area contributed by atoms with E-state index in [4.69, 9.17) is 0 Å². The van der Waals surface area contributed by atoms with E-state index in [-0.39, 0.29) is 17.7 Å². The van der Waals surface area contributed by atoms with E-state index >= 15 is 0 Å². The van der Waals surface area contributed by atoms with Gasteiger partial charge < -0.3 is 5.11 Å². The Labute approximate surface area is 129 Å². The van der Waals surface area contributed by atoms with Crippen molar-refractivity contribution in [3.63, 3.8) is 0 Å². The van der Waals surface area contributed by atoms with Crippen LogP contribution in [0, 0.1) is 6.92 Å². The lowest BCUT2D eigenvalue weighted by Crippen LogP contribution is -2.22. The summed E-state index contributed by atoms with van der Waals surface area (Å²) in [6.07, 6.45) is 0.951. The fourth-order valence-corrected chi connectivity index (χ4v) is 3.03. The van der Waals surface area contributed by atoms with Crippen LogP contribution in [0.4, 0.5) is 0 Å². The number of aryl methyl sites for hydroxylation is 1. The van der Waals surface area contributed by atoms with Crippen LogP contribution in [0.2, 0.25) is 0 Å². The van der Waals surface area contributed by atoms with Gasteiger partial charge in [-0.25, -0.2) is 0 Å². The van der Waals surface area contributed by atoms with Crippen LogP contribution in [0.15, 0.2) is 36.4 Å². The largest absolute Gasteiger partial charge is 0.393 e. The number of rotatable bonds is 3. The lowest BCUT2D eigenvalue weighted by atomic mass is 9.80. The van der Waals surface area contributed by atoms with E-state index in [1.54, 1.807) is 37.3 Å². The Morgan fingerprint density at radius 2 is 1.59 bits per heavy atom. The number of benzene rings is 2. The quantitative estimate of drug-likeness (QED) is 0.807. The molecule has 1 atom stereocenters. The molecular weight excluding hydrogens is 276 g/mol. The number of carbonyl (C=O) groups excluding carboxylic acids is 2. The SMILES string of the molecule is Cc1c(CC[C@@H](C)O)ccc2c1C(=O)c1ccccc1C2=O. The van der Waals surface area contributed by atoms with Crippen LogP contribution in [0.5, 0.6) is 0 Å². The van der Waals surface area contributed by atoms with Crippen LogP contribution in [-0.4, -0.2) is 22.8 Å². The fraction of sp³-hybridized carbons (Fsp3) is 0.263. The summed E-state index contributed by atoms with van der Waals surface area (Å²) in [7, 11) is 0. The van der Waals surface area contributed by atoms with Crippen LogP contribution < -0.4 is 0 Å². The number of aliphatic hydroxyl groups is 1. The normalized spacial score (nSPS) is 14.5. The Morgan fingerprint density at radius 1 is 0.955 bits per heavy atom. The maximum atomic E-state index is 12.8. The van der Waals surface area contributed by atoms with Crippen molar-refractivity contribution >= 4 is 11.6 Å². The van der Waals surface area contributed by atoms with E-state index < -0.39 is 0 Å². The van der Waals surface area contributed by atoms with Gasteiger partial charge in [-0.2, -0.15) is 0 Å². The summed E-state index contributed by atoms with van der Waals surface area (Å²) < 4.78 is 0. The third-order valence-electron chi connectivity index (χ3n) is 4.30. The average molecular weight is 294 g/mol. The summed E-state index contributed by atoms with van der Waals surface area (Å²) in [5, 5.41) is 9.45. The number of fused-ring (bicyclic) bond motifs is 2. The highest BCUT2D eigenvalue weighted by Gasteiger charge is 2.31. The summed E-state index contributed by atoms with van der Waals surface area (Å²) in [5.41, 5.74) is 3.84. The van der Waals surface area contributed by atoms with Crippen LogP contribution >= 0.6 is 0 Å². The van der Waals surface area contributed by atoms with Gasteiger partial charge in [-0.05, 0) is 43.9 Å². The molecule has 0 saturated heterocycles. The van der Waals surface area contributed by atoms with Gasteiger partial charge >= 0.3 is 0 Å². The van der Waals surface area contributed by atoms with Gasteiger partial charge in [-0.15, -0.1) is 0 Å². The van der Waals surface area contributed by atoms with Crippen molar-refractivity contribution in [2.75, 3.05) is 0 Å². The number of ketones is 2. The first-order valence-electron chi connectivity index (χ1n) is 7.49. The summed E-state index contributed by atoms with van der Waals surface area (Å²) in [6.45, 7) is 3.63. The minimum absolute atomic E-state index is 0.0819. The van der Waals surface area contributed by atoms with E-state index in [1.807, 2.05) is 13.0 Å². The molecule has 112 valence electrons. The molecule has 22 heavy (non-hydrogen) atoms. The fourth-order valence-electron chi connectivity index (χ4n) is 3.03. The van der Waals surface area contributed by atoms with Crippen molar-refractivity contribution < 1.29 is 14.7 Å². The highest BCUT2D eigenvalue weighted by atomic mass is 16.3. The highest BCUT2D eigenvalue weighted by molar-refractivity contribution is 6.28. The molecule has 1 N–H and O–H groups in total. The summed E-state index contributed by atoms with van der Waals surface area (Å²) in [5.74, 6) is -0.169. The summed E-state index contributed by atoms with van der Waals surface area (Å²) in [4.78, 5) is 25.4. The molecule has 3 nitrogen and oxygen atoms in total. The summed E-state index contributed by atoms with van der Waals surface area (Å²) >= 11 is 0. The molecule has 2 aromatic rings. The summed E-state index contributed by atoms with van der Waals surface area (Å²) in [6, 6.07) is 10.6. The lowest BCUT2D eigenvalue weighted by Gasteiger charge is -2.21. The Morgan fingerprint density at radius 3 is 2.23 bits per heavy atom. The lowest BCUT2D eigenvalue weighted by molar-refractivity contribution is 0.0978. The maximum absolute atomic E-state index is 12.8. The second kappa shape index (κ2) is 5.50. The number of carbonyl (C=O) groups is 2. The zero-order chi connectivity index (χ0) is 15.9. The van der Waals surface area contributed by atoms with Gasteiger partial charge in [-0.3, -0.25) is 9.59 Å². The van der Waals surface area contributed by atoms with Gasteiger partial charge in [0.25, 0.3) is 0 Å². The molecule has 0 aromatic heterocycles. The van der Waals surface area contributed by atoms with Crippen LogP contribution in [0.1, 0.15) is 56.3 Å². The Balaban J connectivity index is 2.11.